The SMILES string of the molecule is CC(C)=CCC[C@](C)(O[C@@H]1O[C@H](CO[C@@H]2OC[C@H](O)[C@H](O)[C@H]2O)[C@@H](O)[C@H](O)[C@H]1O)C1CC[C@]2(C)C1[C@H](O)CC1[C@@]3(C)CC[C@H](O)C(C)(C)C3CC[C@]12C. The van der Waals surface area contributed by atoms with Gasteiger partial charge in [0.15, 0.2) is 12.6 Å². The minimum Gasteiger partial charge on any atom is -0.393 e. The van der Waals surface area contributed by atoms with Crippen molar-refractivity contribution in [3.8, 4) is 0 Å². The van der Waals surface area contributed by atoms with Gasteiger partial charge in [0.25, 0.3) is 0 Å². The second-order valence-corrected chi connectivity index (χ2v) is 19.7. The van der Waals surface area contributed by atoms with E-state index < -0.39 is 67.0 Å². The van der Waals surface area contributed by atoms with Crippen molar-refractivity contribution < 1.29 is 59.8 Å². The summed E-state index contributed by atoms with van der Waals surface area (Å²) in [5.74, 6) is 0.469. The highest BCUT2D eigenvalue weighted by Gasteiger charge is 2.71. The smallest absolute Gasteiger partial charge is 0.187 e. The van der Waals surface area contributed by atoms with Crippen molar-refractivity contribution in [3.63, 3.8) is 0 Å². The van der Waals surface area contributed by atoms with Gasteiger partial charge in [0.1, 0.15) is 42.7 Å². The summed E-state index contributed by atoms with van der Waals surface area (Å²) in [7, 11) is 0. The van der Waals surface area contributed by atoms with Crippen LogP contribution in [0.2, 0.25) is 0 Å². The molecule has 4 aliphatic carbocycles. The molecule has 6 rings (SSSR count). The summed E-state index contributed by atoms with van der Waals surface area (Å²) in [6.07, 6.45) is -4.18. The van der Waals surface area contributed by atoms with Crippen LogP contribution in [0.1, 0.15) is 113 Å². The van der Waals surface area contributed by atoms with Crippen LogP contribution in [0.25, 0.3) is 0 Å². The van der Waals surface area contributed by atoms with Gasteiger partial charge in [0.2, 0.25) is 0 Å². The number of fused-ring (bicyclic) bond motifs is 5. The maximum Gasteiger partial charge on any atom is 0.187 e. The average molecular weight is 755 g/mol. The van der Waals surface area contributed by atoms with E-state index in [2.05, 4.69) is 40.7 Å². The lowest BCUT2D eigenvalue weighted by Gasteiger charge is -2.70. The third-order valence-corrected chi connectivity index (χ3v) is 16.3. The molecule has 4 saturated carbocycles. The largest absolute Gasteiger partial charge is 0.393 e. The van der Waals surface area contributed by atoms with Crippen LogP contribution in [0.4, 0.5) is 0 Å². The molecule has 0 radical (unpaired) electrons. The highest BCUT2D eigenvalue weighted by molar-refractivity contribution is 5.20. The molecule has 2 aliphatic heterocycles. The van der Waals surface area contributed by atoms with Gasteiger partial charge in [-0.1, -0.05) is 46.3 Å². The molecule has 2 saturated heterocycles. The van der Waals surface area contributed by atoms with E-state index in [1.54, 1.807) is 0 Å². The van der Waals surface area contributed by atoms with E-state index in [1.165, 1.54) is 0 Å². The van der Waals surface area contributed by atoms with Crippen LogP contribution in [0.15, 0.2) is 11.6 Å². The lowest BCUT2D eigenvalue weighted by Crippen LogP contribution is -2.67. The molecule has 19 atom stereocenters. The van der Waals surface area contributed by atoms with Crippen LogP contribution in [-0.4, -0.2) is 127 Å². The van der Waals surface area contributed by atoms with Gasteiger partial charge in [-0.2, -0.15) is 0 Å². The van der Waals surface area contributed by atoms with Crippen LogP contribution in [0.3, 0.4) is 0 Å². The predicted octanol–water partition coefficient (Wildman–Crippen LogP) is 2.79. The van der Waals surface area contributed by atoms with E-state index >= 15 is 0 Å². The van der Waals surface area contributed by atoms with Crippen LogP contribution < -0.4 is 0 Å². The zero-order chi connectivity index (χ0) is 39.1. The van der Waals surface area contributed by atoms with Crippen molar-refractivity contribution in [2.24, 2.45) is 45.3 Å². The maximum absolute atomic E-state index is 12.4. The van der Waals surface area contributed by atoms with Crippen LogP contribution in [0.5, 0.6) is 0 Å². The van der Waals surface area contributed by atoms with Gasteiger partial charge in [0, 0.05) is 0 Å². The van der Waals surface area contributed by atoms with Gasteiger partial charge in [-0.15, -0.1) is 0 Å². The minimum absolute atomic E-state index is 0.00324. The van der Waals surface area contributed by atoms with Gasteiger partial charge in [-0.05, 0) is 124 Å². The summed E-state index contributed by atoms with van der Waals surface area (Å²) < 4.78 is 24.1. The van der Waals surface area contributed by atoms with E-state index in [0.717, 1.165) is 44.1 Å². The highest BCUT2D eigenvalue weighted by atomic mass is 16.7. The summed E-state index contributed by atoms with van der Waals surface area (Å²) in [5.41, 5.74) is -0.185. The van der Waals surface area contributed by atoms with E-state index in [-0.39, 0.29) is 52.8 Å². The normalized spacial score (nSPS) is 52.1. The lowest BCUT2D eigenvalue weighted by molar-refractivity contribution is -0.345. The molecule has 6 aliphatic rings. The first-order valence-corrected chi connectivity index (χ1v) is 20.3. The van der Waals surface area contributed by atoms with E-state index in [1.807, 2.05) is 20.8 Å². The molecule has 0 amide bonds. The van der Waals surface area contributed by atoms with Crippen molar-refractivity contribution in [1.82, 2.24) is 0 Å². The Hall–Kier alpha value is -0.740. The van der Waals surface area contributed by atoms with Crippen molar-refractivity contribution >= 4 is 0 Å². The van der Waals surface area contributed by atoms with E-state index in [4.69, 9.17) is 18.9 Å². The predicted molar refractivity (Wildman–Crippen MR) is 195 cm³/mol. The molecule has 12 nitrogen and oxygen atoms in total. The molecular weight excluding hydrogens is 684 g/mol. The minimum atomic E-state index is -1.63. The lowest BCUT2D eigenvalue weighted by atomic mass is 9.35. The van der Waals surface area contributed by atoms with Crippen LogP contribution >= 0.6 is 0 Å². The molecular formula is C41H70O12. The Labute approximate surface area is 315 Å². The Morgan fingerprint density at radius 3 is 2.09 bits per heavy atom. The fourth-order valence-electron chi connectivity index (χ4n) is 12.9. The Morgan fingerprint density at radius 2 is 1.42 bits per heavy atom. The number of aliphatic hydroxyl groups excluding tert-OH is 8. The summed E-state index contributed by atoms with van der Waals surface area (Å²) >= 11 is 0. The molecule has 306 valence electrons. The highest BCUT2D eigenvalue weighted by Crippen LogP contribution is 2.76. The molecule has 0 aromatic heterocycles. The molecule has 0 aromatic rings. The van der Waals surface area contributed by atoms with Gasteiger partial charge < -0.3 is 59.8 Å². The molecule has 0 aromatic carbocycles. The standard InChI is InChI=1S/C41H70O12/c1-21(2)10-9-14-41(8,53-36-34(49)32(47)31(46)25(52-36)20-51-35-33(48)30(45)24(43)19-50-35)22-11-16-40(7)29(22)23(42)18-27-38(5)15-13-28(44)37(3,4)26(38)12-17-39(27,40)6/h10,22-36,42-49H,9,11-20H2,1-8H3/t22?,23-,24+,25-,26?,27?,28+,29?,30+,31-,32+,33-,34-,35+,36+,38+,39-,40-,41+/m1/s1. The first-order valence-electron chi connectivity index (χ1n) is 20.3. The monoisotopic (exact) mass is 754 g/mol. The fourth-order valence-corrected chi connectivity index (χ4v) is 12.9. The van der Waals surface area contributed by atoms with Crippen LogP contribution in [0, 0.1) is 45.3 Å². The number of allylic oxidation sites excluding steroid dienone is 2. The zero-order valence-electron chi connectivity index (χ0n) is 33.2. The number of hydrogen-bond donors (Lipinski definition) is 8. The molecule has 12 heteroatoms. The van der Waals surface area contributed by atoms with Gasteiger partial charge in [-0.25, -0.2) is 0 Å². The third kappa shape index (κ3) is 6.90. The molecule has 8 N–H and O–H groups in total. The Morgan fingerprint density at radius 1 is 0.755 bits per heavy atom. The van der Waals surface area contributed by atoms with Gasteiger partial charge >= 0.3 is 0 Å². The number of hydrogen-bond acceptors (Lipinski definition) is 12. The van der Waals surface area contributed by atoms with Crippen LogP contribution in [-0.2, 0) is 18.9 Å². The quantitative estimate of drug-likeness (QED) is 0.161. The summed E-state index contributed by atoms with van der Waals surface area (Å²) in [6.45, 7) is 17.2. The summed E-state index contributed by atoms with van der Waals surface area (Å²) in [4.78, 5) is 0. The third-order valence-electron chi connectivity index (χ3n) is 16.3. The zero-order valence-corrected chi connectivity index (χ0v) is 33.2. The molecule has 53 heavy (non-hydrogen) atoms. The van der Waals surface area contributed by atoms with Crippen molar-refractivity contribution in [3.05, 3.63) is 11.6 Å². The first kappa shape index (κ1) is 41.9. The first-order chi connectivity index (χ1) is 24.6. The Balaban J connectivity index is 1.26. The maximum atomic E-state index is 12.4. The summed E-state index contributed by atoms with van der Waals surface area (Å²) in [5, 5.41) is 87.0. The summed E-state index contributed by atoms with van der Waals surface area (Å²) in [6, 6.07) is 0. The fraction of sp³-hybridized carbons (Fsp3) is 0.951. The number of ether oxygens (including phenoxy) is 4. The molecule has 4 unspecified atom stereocenters. The van der Waals surface area contributed by atoms with E-state index in [9.17, 15) is 40.9 Å². The van der Waals surface area contributed by atoms with Crippen molar-refractivity contribution in [1.29, 1.82) is 0 Å². The van der Waals surface area contributed by atoms with Crippen molar-refractivity contribution in [2.75, 3.05) is 13.2 Å². The second kappa shape index (κ2) is 14.9. The molecule has 2 heterocycles. The Kier molecular flexibility index (Phi) is 11.8. The topological polar surface area (TPSA) is 199 Å². The molecule has 0 bridgehead atoms. The average Bonchev–Trinajstić information content (AvgIpc) is 3.47. The number of rotatable bonds is 9. The number of aliphatic hydroxyl groups is 8. The molecule has 0 spiro atoms. The van der Waals surface area contributed by atoms with Gasteiger partial charge in [0.05, 0.1) is 31.0 Å². The second-order valence-electron chi connectivity index (χ2n) is 19.7. The van der Waals surface area contributed by atoms with E-state index in [0.29, 0.717) is 31.1 Å². The van der Waals surface area contributed by atoms with Gasteiger partial charge in [-0.3, -0.25) is 0 Å². The molecule has 6 fully saturated rings. The Bertz CT molecular complexity index is 1320. The van der Waals surface area contributed by atoms with Crippen molar-refractivity contribution in [2.45, 2.75) is 186 Å².